The Kier molecular flexibility index (Phi) is 7.61. The monoisotopic (exact) mass is 222 g/mol. The predicted molar refractivity (Wildman–Crippen MR) is 42.0 cm³/mol. The first kappa shape index (κ1) is 14.7. The number of rotatable bonds is 1. The lowest BCUT2D eigenvalue weighted by Gasteiger charge is -1.94. The summed E-state index contributed by atoms with van der Waals surface area (Å²) < 4.78 is 4.85. The van der Waals surface area contributed by atoms with Crippen LogP contribution in [0.3, 0.4) is 0 Å². The van der Waals surface area contributed by atoms with Crippen LogP contribution in [-0.2, 0) is 4.74 Å². The van der Waals surface area contributed by atoms with Crippen LogP contribution in [0.5, 0.6) is 0 Å². The summed E-state index contributed by atoms with van der Waals surface area (Å²) in [7, 11) is 1.55. The molecule has 0 fully saturated rings. The van der Waals surface area contributed by atoms with E-state index in [9.17, 15) is 0 Å². The average Bonchev–Trinajstić information content (AvgIpc) is 2.05. The van der Waals surface area contributed by atoms with Gasteiger partial charge < -0.3 is 35.3 Å². The van der Waals surface area contributed by atoms with Gasteiger partial charge in [0.15, 0.2) is 0 Å². The van der Waals surface area contributed by atoms with Crippen LogP contribution in [0.25, 0.3) is 0 Å². The molecule has 3 nitrogen and oxygen atoms in total. The summed E-state index contributed by atoms with van der Waals surface area (Å²) in [4.78, 5) is 0. The van der Waals surface area contributed by atoms with Crippen LogP contribution in [-0.4, -0.2) is 13.0 Å². The number of benzene rings is 1. The molecule has 0 aromatic heterocycles. The first-order valence-corrected chi connectivity index (χ1v) is 3.33. The Labute approximate surface area is 89.6 Å². The smallest absolute Gasteiger partial charge is 0.366 e. The first-order valence-electron chi connectivity index (χ1n) is 3.33. The van der Waals surface area contributed by atoms with E-state index in [0.29, 0.717) is 5.90 Å². The fourth-order valence-corrected chi connectivity index (χ4v) is 0.787. The van der Waals surface area contributed by atoms with Gasteiger partial charge in [0.1, 0.15) is 5.69 Å². The Balaban J connectivity index is 0. The Morgan fingerprint density at radius 1 is 1.23 bits per heavy atom. The van der Waals surface area contributed by atoms with Gasteiger partial charge in [-0.25, -0.2) is 5.41 Å². The van der Waals surface area contributed by atoms with Crippen LogP contribution in [0.2, 0.25) is 0 Å². The molecule has 13 heavy (non-hydrogen) atoms. The number of nitrogens with two attached hydrogens (primary N) is 1. The van der Waals surface area contributed by atoms with Gasteiger partial charge in [-0.3, -0.25) is 0 Å². The lowest BCUT2D eigenvalue weighted by atomic mass is 10.2. The lowest BCUT2D eigenvalue weighted by molar-refractivity contribution is -0.254. The zero-order chi connectivity index (χ0) is 8.27. The number of ether oxygens (including phenoxy) is 1. The van der Waals surface area contributed by atoms with Crippen molar-refractivity contribution in [2.24, 2.45) is 0 Å². The van der Waals surface area contributed by atoms with Crippen molar-refractivity contribution in [1.82, 2.24) is 0 Å². The van der Waals surface area contributed by atoms with Gasteiger partial charge in [-0.05, 0) is 24.3 Å². The molecule has 5 heteroatoms. The maximum absolute atomic E-state index is 5.52. The minimum absolute atomic E-state index is 0. The standard InChI is InChI=1S/C8H10N2O.2ClH/c1-11-8(10)6-2-4-7(9)5-3-6;;/h2-5,10H,9H2,1H3;2*1H. The van der Waals surface area contributed by atoms with Gasteiger partial charge in [-0.15, -0.1) is 0 Å². The third kappa shape index (κ3) is 4.12. The van der Waals surface area contributed by atoms with Crippen LogP contribution >= 0.6 is 0 Å². The van der Waals surface area contributed by atoms with E-state index < -0.39 is 0 Å². The molecule has 0 atom stereocenters. The highest BCUT2D eigenvalue weighted by molar-refractivity contribution is 5.89. The summed E-state index contributed by atoms with van der Waals surface area (Å²) in [6.07, 6.45) is 0. The third-order valence-corrected chi connectivity index (χ3v) is 1.46. The predicted octanol–water partition coefficient (Wildman–Crippen LogP) is -7.28. The summed E-state index contributed by atoms with van der Waals surface area (Å²) >= 11 is 0. The van der Waals surface area contributed by atoms with Crippen molar-refractivity contribution in [3.05, 3.63) is 29.8 Å². The molecule has 74 valence electrons. The molecule has 0 aliphatic rings. The zero-order valence-corrected chi connectivity index (χ0v) is 8.77. The molecule has 0 saturated carbocycles. The Morgan fingerprint density at radius 3 is 2.08 bits per heavy atom. The van der Waals surface area contributed by atoms with Gasteiger partial charge in [-0.1, -0.05) is 0 Å². The number of halogens is 2. The van der Waals surface area contributed by atoms with E-state index in [-0.39, 0.29) is 24.8 Å². The van der Waals surface area contributed by atoms with E-state index >= 15 is 0 Å². The Bertz CT molecular complexity index is 261. The fraction of sp³-hybridized carbons (Fsp3) is 0.125. The van der Waals surface area contributed by atoms with Crippen molar-refractivity contribution in [2.45, 2.75) is 0 Å². The molecule has 0 amide bonds. The topological polar surface area (TPSA) is 62.5 Å². The van der Waals surface area contributed by atoms with Crippen LogP contribution < -0.4 is 36.0 Å². The highest BCUT2D eigenvalue weighted by atomic mass is 35.5. The second-order valence-corrected chi connectivity index (χ2v) is 2.27. The summed E-state index contributed by atoms with van der Waals surface area (Å²) in [6.45, 7) is 0. The van der Waals surface area contributed by atoms with E-state index in [1.807, 2.05) is 24.3 Å². The lowest BCUT2D eigenvalue weighted by Crippen LogP contribution is -3.00. The van der Waals surface area contributed by atoms with E-state index in [1.54, 1.807) is 7.11 Å². The quantitative estimate of drug-likeness (QED) is 0.360. The van der Waals surface area contributed by atoms with Gasteiger partial charge in [0, 0.05) is 0 Å². The van der Waals surface area contributed by atoms with Gasteiger partial charge in [-0.2, -0.15) is 0 Å². The number of hydrogen-bond acceptors (Lipinski definition) is 1. The van der Waals surface area contributed by atoms with Crippen molar-refractivity contribution < 1.29 is 40.7 Å². The number of methoxy groups -OCH3 is 1. The molecule has 1 aromatic carbocycles. The van der Waals surface area contributed by atoms with Crippen molar-refractivity contribution in [3.63, 3.8) is 0 Å². The largest absolute Gasteiger partial charge is 1.00 e. The SMILES string of the molecule is COC(=[NH2+])c1ccc([NH3+])cc1.[Cl-].[Cl-]. The van der Waals surface area contributed by atoms with E-state index in [1.165, 1.54) is 0 Å². The Morgan fingerprint density at radius 2 is 1.69 bits per heavy atom. The maximum atomic E-state index is 5.52. The molecule has 1 aromatic rings. The van der Waals surface area contributed by atoms with Crippen LogP contribution in [0, 0.1) is 0 Å². The second kappa shape index (κ2) is 6.71. The number of hydrogen-bond donors (Lipinski definition) is 2. The summed E-state index contributed by atoms with van der Waals surface area (Å²) in [5.74, 6) is 0.435. The molecule has 0 spiro atoms. The normalized spacial score (nSPS) is 7.85. The summed E-state index contributed by atoms with van der Waals surface area (Å²) in [6, 6.07) is 7.53. The van der Waals surface area contributed by atoms with E-state index in [4.69, 9.17) is 10.1 Å². The first-order chi connectivity index (χ1) is 5.24. The Hall–Kier alpha value is -0.770. The third-order valence-electron chi connectivity index (χ3n) is 1.46. The van der Waals surface area contributed by atoms with Crippen molar-refractivity contribution >= 4 is 11.6 Å². The molecule has 0 aliphatic carbocycles. The van der Waals surface area contributed by atoms with Crippen LogP contribution in [0.4, 0.5) is 5.69 Å². The molecule has 0 saturated heterocycles. The van der Waals surface area contributed by atoms with E-state index in [0.717, 1.165) is 11.3 Å². The molecule has 0 radical (unpaired) electrons. The van der Waals surface area contributed by atoms with Crippen LogP contribution in [0.15, 0.2) is 24.3 Å². The van der Waals surface area contributed by atoms with Gasteiger partial charge in [0.25, 0.3) is 0 Å². The fourth-order valence-electron chi connectivity index (χ4n) is 0.787. The van der Waals surface area contributed by atoms with Crippen LogP contribution in [0.1, 0.15) is 5.56 Å². The average molecular weight is 223 g/mol. The zero-order valence-electron chi connectivity index (χ0n) is 7.26. The van der Waals surface area contributed by atoms with Crippen molar-refractivity contribution in [2.75, 3.05) is 7.11 Å². The van der Waals surface area contributed by atoms with Gasteiger partial charge >= 0.3 is 5.90 Å². The summed E-state index contributed by atoms with van der Waals surface area (Å²) in [5.41, 5.74) is 5.61. The molecular weight excluding hydrogens is 211 g/mol. The van der Waals surface area contributed by atoms with Crippen molar-refractivity contribution in [3.8, 4) is 0 Å². The van der Waals surface area contributed by atoms with Gasteiger partial charge in [0.2, 0.25) is 0 Å². The highest BCUT2D eigenvalue weighted by Crippen LogP contribution is 2.03. The minimum Gasteiger partial charge on any atom is -1.00 e. The summed E-state index contributed by atoms with van der Waals surface area (Å²) in [5, 5.41) is 5.52. The number of quaternary nitrogens is 1. The molecule has 0 aliphatic heterocycles. The van der Waals surface area contributed by atoms with Gasteiger partial charge in [0.05, 0.1) is 12.7 Å². The molecule has 0 unspecified atom stereocenters. The van der Waals surface area contributed by atoms with Crippen molar-refractivity contribution in [1.29, 1.82) is 0 Å². The minimum atomic E-state index is 0. The maximum Gasteiger partial charge on any atom is 0.366 e. The highest BCUT2D eigenvalue weighted by Gasteiger charge is 2.04. The molecule has 5 N–H and O–H groups in total. The molecule has 0 heterocycles. The second-order valence-electron chi connectivity index (χ2n) is 2.27. The molecule has 0 bridgehead atoms. The molecular formula is C8H12Cl2N2O. The van der Waals surface area contributed by atoms with E-state index in [2.05, 4.69) is 5.73 Å². The molecule has 1 rings (SSSR count).